The summed E-state index contributed by atoms with van der Waals surface area (Å²) in [5.41, 5.74) is 0. The first-order chi connectivity index (χ1) is 8.15. The van der Waals surface area contributed by atoms with Gasteiger partial charge in [0, 0.05) is 30.0 Å². The van der Waals surface area contributed by atoms with E-state index in [0.717, 1.165) is 17.5 Å². The maximum absolute atomic E-state index is 4.50. The Labute approximate surface area is 108 Å². The van der Waals surface area contributed by atoms with E-state index in [-0.39, 0.29) is 0 Å². The lowest BCUT2D eigenvalue weighted by Crippen LogP contribution is -2.32. The van der Waals surface area contributed by atoms with Gasteiger partial charge in [-0.1, -0.05) is 13.8 Å². The molecule has 0 aromatic carbocycles. The first-order valence-electron chi connectivity index (χ1n) is 6.47. The van der Waals surface area contributed by atoms with Crippen LogP contribution in [-0.4, -0.2) is 39.9 Å². The summed E-state index contributed by atoms with van der Waals surface area (Å²) in [6, 6.07) is 0.445. The van der Waals surface area contributed by atoms with Crippen LogP contribution in [0.5, 0.6) is 0 Å². The Hall–Kier alpha value is -0.680. The van der Waals surface area contributed by atoms with Gasteiger partial charge in [0.05, 0.1) is 0 Å². The SMILES string of the molecule is CC(CN1CCCC1)Nc1nc(C(C)C)ns1. The highest BCUT2D eigenvalue weighted by molar-refractivity contribution is 7.09. The van der Waals surface area contributed by atoms with Crippen LogP contribution >= 0.6 is 11.5 Å². The number of rotatable bonds is 5. The van der Waals surface area contributed by atoms with Crippen LogP contribution in [0.2, 0.25) is 0 Å². The Morgan fingerprint density at radius 2 is 2.00 bits per heavy atom. The molecule has 0 amide bonds. The molecular weight excluding hydrogens is 232 g/mol. The van der Waals surface area contributed by atoms with Crippen LogP contribution in [0, 0.1) is 0 Å². The first-order valence-corrected chi connectivity index (χ1v) is 7.25. The quantitative estimate of drug-likeness (QED) is 0.877. The molecule has 1 unspecified atom stereocenters. The van der Waals surface area contributed by atoms with E-state index in [1.807, 2.05) is 0 Å². The Bertz CT molecular complexity index is 344. The average molecular weight is 254 g/mol. The number of nitrogens with zero attached hydrogens (tertiary/aromatic N) is 3. The summed E-state index contributed by atoms with van der Waals surface area (Å²) in [6.07, 6.45) is 2.70. The minimum Gasteiger partial charge on any atom is -0.357 e. The lowest BCUT2D eigenvalue weighted by Gasteiger charge is -2.20. The van der Waals surface area contributed by atoms with Crippen LogP contribution in [0.3, 0.4) is 0 Å². The molecule has 2 rings (SSSR count). The summed E-state index contributed by atoms with van der Waals surface area (Å²) in [7, 11) is 0. The number of aromatic nitrogens is 2. The second-order valence-electron chi connectivity index (χ2n) is 5.17. The zero-order chi connectivity index (χ0) is 12.3. The van der Waals surface area contributed by atoms with Gasteiger partial charge in [-0.3, -0.25) is 0 Å². The zero-order valence-electron chi connectivity index (χ0n) is 10.9. The van der Waals surface area contributed by atoms with Gasteiger partial charge in [0.2, 0.25) is 5.13 Å². The minimum absolute atomic E-state index is 0.413. The summed E-state index contributed by atoms with van der Waals surface area (Å²) >= 11 is 1.47. The number of nitrogens with one attached hydrogen (secondary N) is 1. The topological polar surface area (TPSA) is 41.0 Å². The van der Waals surface area contributed by atoms with Crippen molar-refractivity contribution in [2.24, 2.45) is 0 Å². The van der Waals surface area contributed by atoms with E-state index in [1.165, 1.54) is 37.5 Å². The summed E-state index contributed by atoms with van der Waals surface area (Å²) in [6.45, 7) is 10.1. The summed E-state index contributed by atoms with van der Waals surface area (Å²) < 4.78 is 4.36. The molecule has 1 atom stereocenters. The fourth-order valence-corrected chi connectivity index (χ4v) is 2.96. The monoisotopic (exact) mass is 254 g/mol. The van der Waals surface area contributed by atoms with Crippen molar-refractivity contribution in [3.8, 4) is 0 Å². The van der Waals surface area contributed by atoms with Crippen LogP contribution in [-0.2, 0) is 0 Å². The average Bonchev–Trinajstić information content (AvgIpc) is 2.88. The van der Waals surface area contributed by atoms with Gasteiger partial charge in [0.15, 0.2) is 0 Å². The molecule has 17 heavy (non-hydrogen) atoms. The molecule has 0 aliphatic carbocycles. The maximum atomic E-state index is 4.50. The Kier molecular flexibility index (Phi) is 4.34. The van der Waals surface area contributed by atoms with Crippen LogP contribution < -0.4 is 5.32 Å². The van der Waals surface area contributed by atoms with Gasteiger partial charge in [-0.25, -0.2) is 4.98 Å². The third-order valence-electron chi connectivity index (χ3n) is 3.06. The van der Waals surface area contributed by atoms with E-state index in [4.69, 9.17) is 0 Å². The van der Waals surface area contributed by atoms with Crippen molar-refractivity contribution in [3.05, 3.63) is 5.82 Å². The smallest absolute Gasteiger partial charge is 0.202 e. The van der Waals surface area contributed by atoms with E-state index >= 15 is 0 Å². The lowest BCUT2D eigenvalue weighted by molar-refractivity contribution is 0.328. The molecule has 1 saturated heterocycles. The molecule has 1 aliphatic heterocycles. The normalized spacial score (nSPS) is 18.8. The van der Waals surface area contributed by atoms with Gasteiger partial charge in [-0.05, 0) is 32.9 Å². The molecule has 0 saturated carbocycles. The molecule has 4 nitrogen and oxygen atoms in total. The van der Waals surface area contributed by atoms with E-state index in [9.17, 15) is 0 Å². The number of likely N-dealkylation sites (tertiary alicyclic amines) is 1. The number of anilines is 1. The van der Waals surface area contributed by atoms with Crippen molar-refractivity contribution >= 4 is 16.7 Å². The van der Waals surface area contributed by atoms with Crippen molar-refractivity contribution in [1.29, 1.82) is 0 Å². The number of hydrogen-bond acceptors (Lipinski definition) is 5. The molecule has 1 N–H and O–H groups in total. The molecule has 1 aliphatic rings. The van der Waals surface area contributed by atoms with Crippen molar-refractivity contribution in [1.82, 2.24) is 14.3 Å². The predicted molar refractivity (Wildman–Crippen MR) is 72.8 cm³/mol. The summed E-state index contributed by atoms with van der Waals surface area (Å²) in [4.78, 5) is 7.02. The highest BCUT2D eigenvalue weighted by atomic mass is 32.1. The molecule has 0 radical (unpaired) electrons. The molecule has 1 fully saturated rings. The van der Waals surface area contributed by atoms with Crippen molar-refractivity contribution < 1.29 is 0 Å². The predicted octanol–water partition coefficient (Wildman–Crippen LogP) is 2.56. The van der Waals surface area contributed by atoms with Gasteiger partial charge in [0.1, 0.15) is 5.82 Å². The van der Waals surface area contributed by atoms with Crippen molar-refractivity contribution in [2.45, 2.75) is 45.6 Å². The maximum Gasteiger partial charge on any atom is 0.202 e. The van der Waals surface area contributed by atoms with Crippen LogP contribution in [0.1, 0.15) is 45.4 Å². The third-order valence-corrected chi connectivity index (χ3v) is 3.72. The van der Waals surface area contributed by atoms with Crippen LogP contribution in [0.25, 0.3) is 0 Å². The minimum atomic E-state index is 0.413. The zero-order valence-corrected chi connectivity index (χ0v) is 11.8. The van der Waals surface area contributed by atoms with E-state index in [1.54, 1.807) is 0 Å². The Morgan fingerprint density at radius 1 is 1.29 bits per heavy atom. The fourth-order valence-electron chi connectivity index (χ4n) is 2.14. The molecule has 0 spiro atoms. The Morgan fingerprint density at radius 3 is 2.59 bits per heavy atom. The van der Waals surface area contributed by atoms with E-state index in [2.05, 4.69) is 40.3 Å². The Balaban J connectivity index is 1.82. The standard InChI is InChI=1S/C12H22N4S/c1-9(2)11-14-12(17-15-11)13-10(3)8-16-6-4-5-7-16/h9-10H,4-8H2,1-3H3,(H,13,14,15). The van der Waals surface area contributed by atoms with Gasteiger partial charge < -0.3 is 10.2 Å². The molecule has 5 heteroatoms. The second kappa shape index (κ2) is 5.78. The summed E-state index contributed by atoms with van der Waals surface area (Å²) in [5.74, 6) is 1.36. The van der Waals surface area contributed by atoms with Gasteiger partial charge >= 0.3 is 0 Å². The van der Waals surface area contributed by atoms with Gasteiger partial charge in [0.25, 0.3) is 0 Å². The highest BCUT2D eigenvalue weighted by Gasteiger charge is 2.15. The molecular formula is C12H22N4S. The van der Waals surface area contributed by atoms with Crippen molar-refractivity contribution in [2.75, 3.05) is 25.0 Å². The third kappa shape index (κ3) is 3.64. The highest BCUT2D eigenvalue weighted by Crippen LogP contribution is 2.18. The van der Waals surface area contributed by atoms with Crippen LogP contribution in [0.15, 0.2) is 0 Å². The molecule has 1 aromatic heterocycles. The van der Waals surface area contributed by atoms with Crippen molar-refractivity contribution in [3.63, 3.8) is 0 Å². The van der Waals surface area contributed by atoms with Gasteiger partial charge in [-0.2, -0.15) is 4.37 Å². The molecule has 2 heterocycles. The van der Waals surface area contributed by atoms with Crippen LogP contribution in [0.4, 0.5) is 5.13 Å². The van der Waals surface area contributed by atoms with E-state index < -0.39 is 0 Å². The lowest BCUT2D eigenvalue weighted by atomic mass is 10.2. The first kappa shape index (κ1) is 12.8. The second-order valence-corrected chi connectivity index (χ2v) is 5.92. The fraction of sp³-hybridized carbons (Fsp3) is 0.833. The van der Waals surface area contributed by atoms with Gasteiger partial charge in [-0.15, -0.1) is 0 Å². The molecule has 0 bridgehead atoms. The number of hydrogen-bond donors (Lipinski definition) is 1. The van der Waals surface area contributed by atoms with E-state index in [0.29, 0.717) is 12.0 Å². The summed E-state index contributed by atoms with van der Waals surface area (Å²) in [5, 5.41) is 4.41. The largest absolute Gasteiger partial charge is 0.357 e. The molecule has 96 valence electrons. The molecule has 1 aromatic rings.